The van der Waals surface area contributed by atoms with Gasteiger partial charge < -0.3 is 10.1 Å². The average molecular weight is 293 g/mol. The molecule has 4 nitrogen and oxygen atoms in total. The molecule has 2 rings (SSSR count). The highest BCUT2D eigenvalue weighted by molar-refractivity contribution is 5.06. The lowest BCUT2D eigenvalue weighted by atomic mass is 9.67. The van der Waals surface area contributed by atoms with E-state index in [2.05, 4.69) is 37.5 Å². The summed E-state index contributed by atoms with van der Waals surface area (Å²) in [5.41, 5.74) is 1.76. The predicted octanol–water partition coefficient (Wildman–Crippen LogP) is 2.93. The van der Waals surface area contributed by atoms with Crippen molar-refractivity contribution in [3.8, 4) is 0 Å². The van der Waals surface area contributed by atoms with Gasteiger partial charge in [0, 0.05) is 26.4 Å². The third-order valence-electron chi connectivity index (χ3n) is 5.32. The molecule has 1 aromatic rings. The van der Waals surface area contributed by atoms with Gasteiger partial charge in [0.25, 0.3) is 0 Å². The molecule has 0 radical (unpaired) electrons. The monoisotopic (exact) mass is 293 g/mol. The molecular formula is C17H31N3O. The van der Waals surface area contributed by atoms with Crippen molar-refractivity contribution in [2.45, 2.75) is 64.0 Å². The number of ether oxygens (including phenoxy) is 1. The molecule has 1 aliphatic rings. The largest absolute Gasteiger partial charge is 0.377 e. The van der Waals surface area contributed by atoms with E-state index in [1.807, 2.05) is 25.0 Å². The first-order chi connectivity index (χ1) is 9.91. The van der Waals surface area contributed by atoms with E-state index in [1.165, 1.54) is 18.4 Å². The van der Waals surface area contributed by atoms with Gasteiger partial charge in [0.1, 0.15) is 0 Å². The number of rotatable bonds is 6. The highest BCUT2D eigenvalue weighted by Gasteiger charge is 2.43. The second-order valence-electron chi connectivity index (χ2n) is 7.34. The lowest BCUT2D eigenvalue weighted by Crippen LogP contribution is -2.54. The molecule has 0 aromatic carbocycles. The normalized spacial score (nSPS) is 22.1. The minimum Gasteiger partial charge on any atom is -0.377 e. The van der Waals surface area contributed by atoms with Crippen LogP contribution in [0.5, 0.6) is 0 Å². The Morgan fingerprint density at radius 2 is 2.00 bits per heavy atom. The Kier molecular flexibility index (Phi) is 5.10. The fourth-order valence-electron chi connectivity index (χ4n) is 3.63. The topological polar surface area (TPSA) is 39.1 Å². The molecule has 4 heteroatoms. The Bertz CT molecular complexity index is 443. The number of nitrogens with one attached hydrogen (secondary N) is 1. The summed E-state index contributed by atoms with van der Waals surface area (Å²) in [6, 6.07) is 0.402. The van der Waals surface area contributed by atoms with Crippen molar-refractivity contribution < 1.29 is 4.74 Å². The van der Waals surface area contributed by atoms with Gasteiger partial charge in [-0.3, -0.25) is 4.68 Å². The van der Waals surface area contributed by atoms with Gasteiger partial charge in [0.05, 0.1) is 11.8 Å². The number of likely N-dealkylation sites (N-methyl/N-ethyl adjacent to an activating group) is 1. The van der Waals surface area contributed by atoms with E-state index >= 15 is 0 Å². The van der Waals surface area contributed by atoms with Gasteiger partial charge in [0.2, 0.25) is 0 Å². The van der Waals surface area contributed by atoms with Crippen LogP contribution in [-0.2, 0) is 18.2 Å². The Morgan fingerprint density at radius 1 is 1.33 bits per heavy atom. The van der Waals surface area contributed by atoms with E-state index < -0.39 is 0 Å². The fourth-order valence-corrected chi connectivity index (χ4v) is 3.63. The van der Waals surface area contributed by atoms with E-state index in [-0.39, 0.29) is 5.60 Å². The Hall–Kier alpha value is -0.870. The van der Waals surface area contributed by atoms with Crippen molar-refractivity contribution in [2.24, 2.45) is 12.5 Å². The minimum atomic E-state index is -0.00746. The van der Waals surface area contributed by atoms with E-state index in [0.29, 0.717) is 11.5 Å². The second kappa shape index (κ2) is 6.49. The smallest absolute Gasteiger partial charge is 0.0831 e. The zero-order valence-corrected chi connectivity index (χ0v) is 14.3. The highest BCUT2D eigenvalue weighted by Crippen LogP contribution is 2.44. The molecule has 1 N–H and O–H groups in total. The number of hydrogen-bond acceptors (Lipinski definition) is 3. The first-order valence-corrected chi connectivity index (χ1v) is 8.11. The lowest BCUT2D eigenvalue weighted by molar-refractivity contribution is -0.0863. The molecule has 0 saturated heterocycles. The van der Waals surface area contributed by atoms with Gasteiger partial charge in [-0.1, -0.05) is 13.8 Å². The van der Waals surface area contributed by atoms with Crippen LogP contribution >= 0.6 is 0 Å². The Labute approximate surface area is 129 Å². The average Bonchev–Trinajstić information content (AvgIpc) is 2.87. The van der Waals surface area contributed by atoms with Crippen LogP contribution < -0.4 is 5.32 Å². The summed E-state index contributed by atoms with van der Waals surface area (Å²) in [6.07, 6.45) is 11.0. The van der Waals surface area contributed by atoms with Crippen LogP contribution in [0.2, 0.25) is 0 Å². The van der Waals surface area contributed by atoms with Gasteiger partial charge in [-0.25, -0.2) is 0 Å². The quantitative estimate of drug-likeness (QED) is 0.876. The molecule has 21 heavy (non-hydrogen) atoms. The standard InChI is InChI=1S/C17H31N3O/c1-16(2)8-10-17(21-5,11-9-16)15(18-3)7-6-14-12-19-20(4)13-14/h12-13,15,18H,6-11H2,1-5H3. The summed E-state index contributed by atoms with van der Waals surface area (Å²) in [4.78, 5) is 0. The summed E-state index contributed by atoms with van der Waals surface area (Å²) < 4.78 is 7.91. The van der Waals surface area contributed by atoms with Crippen molar-refractivity contribution in [3.63, 3.8) is 0 Å². The van der Waals surface area contributed by atoms with Crippen molar-refractivity contribution in [1.82, 2.24) is 15.1 Å². The van der Waals surface area contributed by atoms with Crippen LogP contribution in [0.15, 0.2) is 12.4 Å². The molecule has 1 fully saturated rings. The number of nitrogens with zero attached hydrogens (tertiary/aromatic N) is 2. The van der Waals surface area contributed by atoms with Crippen LogP contribution in [0.3, 0.4) is 0 Å². The SMILES string of the molecule is CNC(CCc1cnn(C)c1)C1(OC)CCC(C)(C)CC1. The Morgan fingerprint density at radius 3 is 2.48 bits per heavy atom. The molecule has 1 unspecified atom stereocenters. The molecule has 0 amide bonds. The fraction of sp³-hybridized carbons (Fsp3) is 0.824. The molecule has 0 bridgehead atoms. The maximum absolute atomic E-state index is 6.04. The van der Waals surface area contributed by atoms with Gasteiger partial charge in [0.15, 0.2) is 0 Å². The molecule has 1 aromatic heterocycles. The molecule has 1 atom stereocenters. The zero-order chi connectivity index (χ0) is 15.5. The van der Waals surface area contributed by atoms with Crippen LogP contribution in [0.25, 0.3) is 0 Å². The number of hydrogen-bond donors (Lipinski definition) is 1. The maximum atomic E-state index is 6.04. The summed E-state index contributed by atoms with van der Waals surface area (Å²) in [6.45, 7) is 4.74. The zero-order valence-electron chi connectivity index (χ0n) is 14.3. The first kappa shape index (κ1) is 16.5. The van der Waals surface area contributed by atoms with Gasteiger partial charge >= 0.3 is 0 Å². The molecule has 0 spiro atoms. The predicted molar refractivity (Wildman–Crippen MR) is 86.4 cm³/mol. The van der Waals surface area contributed by atoms with E-state index in [9.17, 15) is 0 Å². The summed E-state index contributed by atoms with van der Waals surface area (Å²) in [5, 5.41) is 7.77. The summed E-state index contributed by atoms with van der Waals surface area (Å²) in [5.74, 6) is 0. The van der Waals surface area contributed by atoms with Crippen molar-refractivity contribution in [3.05, 3.63) is 18.0 Å². The third kappa shape index (κ3) is 3.86. The van der Waals surface area contributed by atoms with Crippen molar-refractivity contribution in [1.29, 1.82) is 0 Å². The first-order valence-electron chi connectivity index (χ1n) is 8.11. The van der Waals surface area contributed by atoms with E-state index in [4.69, 9.17) is 4.74 Å². The molecule has 1 aliphatic carbocycles. The molecule has 1 heterocycles. The van der Waals surface area contributed by atoms with Gasteiger partial charge in [-0.05, 0) is 56.6 Å². The van der Waals surface area contributed by atoms with Crippen molar-refractivity contribution in [2.75, 3.05) is 14.2 Å². The number of aryl methyl sites for hydroxylation is 2. The number of methoxy groups -OCH3 is 1. The third-order valence-corrected chi connectivity index (χ3v) is 5.32. The van der Waals surface area contributed by atoms with E-state index in [1.54, 1.807) is 0 Å². The van der Waals surface area contributed by atoms with Crippen LogP contribution in [0.4, 0.5) is 0 Å². The number of aromatic nitrogens is 2. The molecule has 0 aliphatic heterocycles. The maximum Gasteiger partial charge on any atom is 0.0831 e. The lowest BCUT2D eigenvalue weighted by Gasteiger charge is -2.47. The molecule has 120 valence electrons. The summed E-state index contributed by atoms with van der Waals surface area (Å²) in [7, 11) is 5.92. The Balaban J connectivity index is 2.00. The van der Waals surface area contributed by atoms with Crippen LogP contribution in [-0.4, -0.2) is 35.6 Å². The van der Waals surface area contributed by atoms with Crippen LogP contribution in [0.1, 0.15) is 51.5 Å². The summed E-state index contributed by atoms with van der Waals surface area (Å²) >= 11 is 0. The highest BCUT2D eigenvalue weighted by atomic mass is 16.5. The molecule has 1 saturated carbocycles. The van der Waals surface area contributed by atoms with E-state index in [0.717, 1.165) is 25.7 Å². The molecular weight excluding hydrogens is 262 g/mol. The van der Waals surface area contributed by atoms with Gasteiger partial charge in [-0.15, -0.1) is 0 Å². The van der Waals surface area contributed by atoms with Gasteiger partial charge in [-0.2, -0.15) is 5.10 Å². The minimum absolute atomic E-state index is 0.00746. The van der Waals surface area contributed by atoms with Crippen molar-refractivity contribution >= 4 is 0 Å². The van der Waals surface area contributed by atoms with Crippen LogP contribution in [0, 0.1) is 5.41 Å². The second-order valence-corrected chi connectivity index (χ2v) is 7.34.